The minimum atomic E-state index is -2.22. The molecule has 0 N–H and O–H groups in total. The van der Waals surface area contributed by atoms with Gasteiger partial charge in [-0.3, -0.25) is 0 Å². The second-order valence-corrected chi connectivity index (χ2v) is 9.50. The second kappa shape index (κ2) is 6.22. The van der Waals surface area contributed by atoms with E-state index in [1.807, 2.05) is 13.1 Å². The first-order valence-corrected chi connectivity index (χ1v) is 9.39. The average molecular weight is 312 g/mol. The smallest absolute Gasteiger partial charge is 0.200 e. The third kappa shape index (κ3) is 3.38. The van der Waals surface area contributed by atoms with Crippen LogP contribution in [0.1, 0.15) is 25.3 Å². The van der Waals surface area contributed by atoms with Crippen molar-refractivity contribution in [1.29, 1.82) is 0 Å². The Hall–Kier alpha value is -0.953. The van der Waals surface area contributed by atoms with Gasteiger partial charge in [0.05, 0.1) is 0 Å². The van der Waals surface area contributed by atoms with Gasteiger partial charge in [-0.1, -0.05) is 6.92 Å². The van der Waals surface area contributed by atoms with E-state index in [1.165, 1.54) is 6.92 Å². The van der Waals surface area contributed by atoms with Crippen LogP contribution in [0.2, 0.25) is 19.1 Å². The summed E-state index contributed by atoms with van der Waals surface area (Å²) >= 11 is 0. The third-order valence-electron chi connectivity index (χ3n) is 3.07. The molecule has 0 saturated carbocycles. The van der Waals surface area contributed by atoms with Gasteiger partial charge in [0.15, 0.2) is 31.6 Å². The Morgan fingerprint density at radius 2 is 1.30 bits per heavy atom. The van der Waals surface area contributed by atoms with Crippen LogP contribution in [-0.4, -0.2) is 14.9 Å². The molecule has 1 aromatic rings. The third-order valence-corrected chi connectivity index (χ3v) is 5.74. The van der Waals surface area contributed by atoms with Crippen LogP contribution in [0.4, 0.5) is 22.0 Å². The van der Waals surface area contributed by atoms with Gasteiger partial charge in [-0.2, -0.15) is 0 Å². The largest absolute Gasteiger partial charge is 0.418 e. The first kappa shape index (κ1) is 17.1. The fourth-order valence-electron chi connectivity index (χ4n) is 2.34. The molecule has 0 bridgehead atoms. The van der Waals surface area contributed by atoms with Crippen molar-refractivity contribution in [2.75, 3.05) is 6.61 Å². The molecule has 1 atom stereocenters. The molecule has 0 aromatic heterocycles. The summed E-state index contributed by atoms with van der Waals surface area (Å²) in [6, 6.07) is 0.263. The lowest BCUT2D eigenvalue weighted by atomic mass is 10.0. The summed E-state index contributed by atoms with van der Waals surface area (Å²) in [6.45, 7) is 7.34. The Morgan fingerprint density at radius 1 is 0.900 bits per heavy atom. The van der Waals surface area contributed by atoms with Crippen LogP contribution in [0.3, 0.4) is 0 Å². The summed E-state index contributed by atoms with van der Waals surface area (Å²) in [5.41, 5.74) is -0.762. The monoisotopic (exact) mass is 312 g/mol. The van der Waals surface area contributed by atoms with E-state index in [-0.39, 0.29) is 6.04 Å². The van der Waals surface area contributed by atoms with Gasteiger partial charge in [0.25, 0.3) is 0 Å². The zero-order valence-corrected chi connectivity index (χ0v) is 12.8. The Morgan fingerprint density at radius 3 is 1.70 bits per heavy atom. The highest BCUT2D eigenvalue weighted by molar-refractivity contribution is 6.71. The first-order valence-electron chi connectivity index (χ1n) is 6.27. The molecule has 1 aromatic carbocycles. The molecule has 0 heterocycles. The second-order valence-electron chi connectivity index (χ2n) is 5.28. The predicted molar refractivity (Wildman–Crippen MR) is 68.6 cm³/mol. The molecule has 0 aliphatic rings. The minimum Gasteiger partial charge on any atom is -0.418 e. The van der Waals surface area contributed by atoms with Crippen molar-refractivity contribution in [2.45, 2.75) is 38.9 Å². The summed E-state index contributed by atoms with van der Waals surface area (Å²) in [4.78, 5) is 0. The van der Waals surface area contributed by atoms with Gasteiger partial charge in [-0.15, -0.1) is 0 Å². The highest BCUT2D eigenvalue weighted by atomic mass is 28.4. The van der Waals surface area contributed by atoms with Crippen molar-refractivity contribution in [1.82, 2.24) is 0 Å². The van der Waals surface area contributed by atoms with Crippen LogP contribution >= 0.6 is 0 Å². The van der Waals surface area contributed by atoms with E-state index in [1.54, 1.807) is 6.92 Å². The van der Waals surface area contributed by atoms with Gasteiger partial charge in [-0.05, 0) is 32.0 Å². The zero-order chi connectivity index (χ0) is 15.7. The molecule has 1 rings (SSSR count). The quantitative estimate of drug-likeness (QED) is 0.331. The molecule has 0 spiro atoms. The zero-order valence-electron chi connectivity index (χ0n) is 11.8. The fraction of sp³-hybridized carbons (Fsp3) is 0.538. The lowest BCUT2D eigenvalue weighted by Gasteiger charge is -2.26. The number of rotatable bonds is 5. The molecule has 7 heteroatoms. The lowest BCUT2D eigenvalue weighted by molar-refractivity contribution is 0.324. The van der Waals surface area contributed by atoms with Crippen molar-refractivity contribution in [3.05, 3.63) is 34.6 Å². The SMILES string of the molecule is CCO[Si](C)(C)CC(C)c1c(F)c(F)c(F)c(F)c1F. The van der Waals surface area contributed by atoms with E-state index in [4.69, 9.17) is 4.43 Å². The van der Waals surface area contributed by atoms with E-state index >= 15 is 0 Å². The molecular formula is C13H17F5OSi. The summed E-state index contributed by atoms with van der Waals surface area (Å²) in [5, 5.41) is 0. The van der Waals surface area contributed by atoms with Gasteiger partial charge in [0.1, 0.15) is 0 Å². The number of benzene rings is 1. The number of hydrogen-bond acceptors (Lipinski definition) is 1. The van der Waals surface area contributed by atoms with Crippen LogP contribution < -0.4 is 0 Å². The number of hydrogen-bond donors (Lipinski definition) is 0. The van der Waals surface area contributed by atoms with E-state index in [0.29, 0.717) is 6.61 Å². The average Bonchev–Trinajstić information content (AvgIpc) is 2.33. The van der Waals surface area contributed by atoms with Crippen molar-refractivity contribution in [2.24, 2.45) is 0 Å². The highest BCUT2D eigenvalue weighted by Gasteiger charge is 2.32. The maximum Gasteiger partial charge on any atom is 0.200 e. The summed E-state index contributed by atoms with van der Waals surface area (Å²) in [6.07, 6.45) is 0. The van der Waals surface area contributed by atoms with Crippen molar-refractivity contribution in [3.63, 3.8) is 0 Å². The maximum absolute atomic E-state index is 13.7. The van der Waals surface area contributed by atoms with E-state index in [0.717, 1.165) is 0 Å². The summed E-state index contributed by atoms with van der Waals surface area (Å²) in [7, 11) is -2.22. The summed E-state index contributed by atoms with van der Waals surface area (Å²) < 4.78 is 72.2. The topological polar surface area (TPSA) is 9.23 Å². The predicted octanol–water partition coefficient (Wildman–Crippen LogP) is 4.73. The molecule has 0 aliphatic carbocycles. The van der Waals surface area contributed by atoms with E-state index < -0.39 is 48.9 Å². The molecule has 0 saturated heterocycles. The van der Waals surface area contributed by atoms with E-state index in [2.05, 4.69) is 0 Å². The van der Waals surface area contributed by atoms with Crippen molar-refractivity contribution in [3.8, 4) is 0 Å². The normalized spacial score (nSPS) is 13.7. The van der Waals surface area contributed by atoms with Crippen molar-refractivity contribution < 1.29 is 26.4 Å². The Kier molecular flexibility index (Phi) is 5.31. The van der Waals surface area contributed by atoms with Crippen LogP contribution in [0.15, 0.2) is 0 Å². The van der Waals surface area contributed by atoms with Gasteiger partial charge in [0, 0.05) is 12.2 Å². The van der Waals surface area contributed by atoms with Gasteiger partial charge in [-0.25, -0.2) is 22.0 Å². The Labute approximate surface area is 115 Å². The fourth-order valence-corrected chi connectivity index (χ4v) is 4.92. The standard InChI is InChI=1S/C13H17F5OSi/c1-5-19-20(3,4)6-7(2)8-9(14)11(16)13(18)12(17)10(8)15/h7H,5-6H2,1-4H3. The first-order chi connectivity index (χ1) is 9.12. The molecule has 1 unspecified atom stereocenters. The van der Waals surface area contributed by atoms with Gasteiger partial charge in [0.2, 0.25) is 5.82 Å². The molecule has 1 nitrogen and oxygen atoms in total. The summed E-state index contributed by atoms with van der Waals surface area (Å²) in [5.74, 6) is -10.3. The molecular weight excluding hydrogens is 295 g/mol. The minimum absolute atomic E-state index is 0.263. The van der Waals surface area contributed by atoms with Crippen LogP contribution in [0.25, 0.3) is 0 Å². The molecule has 0 aliphatic heterocycles. The Bertz CT molecular complexity index is 475. The van der Waals surface area contributed by atoms with Crippen LogP contribution in [0, 0.1) is 29.1 Å². The molecule has 20 heavy (non-hydrogen) atoms. The lowest BCUT2D eigenvalue weighted by Crippen LogP contribution is -2.32. The molecule has 0 radical (unpaired) electrons. The van der Waals surface area contributed by atoms with Crippen LogP contribution in [-0.2, 0) is 4.43 Å². The van der Waals surface area contributed by atoms with Crippen LogP contribution in [0.5, 0.6) is 0 Å². The van der Waals surface area contributed by atoms with Gasteiger partial charge >= 0.3 is 0 Å². The highest BCUT2D eigenvalue weighted by Crippen LogP contribution is 2.33. The molecule has 0 fully saturated rings. The van der Waals surface area contributed by atoms with E-state index in [9.17, 15) is 22.0 Å². The number of halogens is 5. The Balaban J connectivity index is 3.20. The molecule has 0 amide bonds. The maximum atomic E-state index is 13.7. The molecule has 114 valence electrons. The van der Waals surface area contributed by atoms with Crippen molar-refractivity contribution >= 4 is 8.32 Å². The van der Waals surface area contributed by atoms with Gasteiger partial charge < -0.3 is 4.43 Å².